The van der Waals surface area contributed by atoms with Gasteiger partial charge in [-0.25, -0.2) is 0 Å². The van der Waals surface area contributed by atoms with Gasteiger partial charge >= 0.3 is 0 Å². The second-order valence-electron chi connectivity index (χ2n) is 7.11. The molecule has 0 spiro atoms. The molecule has 26 heavy (non-hydrogen) atoms. The third-order valence-electron chi connectivity index (χ3n) is 5.13. The number of rotatable bonds is 4. The quantitative estimate of drug-likeness (QED) is 0.585. The second kappa shape index (κ2) is 7.02. The van der Waals surface area contributed by atoms with Crippen molar-refractivity contribution in [1.29, 1.82) is 0 Å². The highest BCUT2D eigenvalue weighted by Gasteiger charge is 2.39. The van der Waals surface area contributed by atoms with Crippen molar-refractivity contribution >= 4 is 28.9 Å². The minimum absolute atomic E-state index is 0.113. The molecule has 1 N–H and O–H groups in total. The smallest absolute Gasteiger partial charge is 0.143 e. The van der Waals surface area contributed by atoms with Gasteiger partial charge in [-0.3, -0.25) is 0 Å². The van der Waals surface area contributed by atoms with Crippen LogP contribution in [-0.2, 0) is 0 Å². The summed E-state index contributed by atoms with van der Waals surface area (Å²) in [6, 6.07) is 12.1. The Morgan fingerprint density at radius 3 is 2.85 bits per heavy atom. The lowest BCUT2D eigenvalue weighted by atomic mass is 9.77. The topological polar surface area (TPSA) is 21.3 Å². The van der Waals surface area contributed by atoms with E-state index in [-0.39, 0.29) is 6.04 Å². The number of para-hydroxylation sites is 1. The number of anilines is 1. The Kier molecular flexibility index (Phi) is 4.73. The van der Waals surface area contributed by atoms with Crippen molar-refractivity contribution < 1.29 is 4.74 Å². The molecule has 0 saturated heterocycles. The number of allylic oxidation sites excluding steroid dienone is 2. The molecule has 2 aromatic carbocycles. The van der Waals surface area contributed by atoms with E-state index < -0.39 is 0 Å². The minimum atomic E-state index is 0.113. The van der Waals surface area contributed by atoms with Crippen LogP contribution in [0.1, 0.15) is 36.4 Å². The highest BCUT2D eigenvalue weighted by Crippen LogP contribution is 2.53. The van der Waals surface area contributed by atoms with Gasteiger partial charge in [0.25, 0.3) is 0 Å². The first-order valence-corrected chi connectivity index (χ1v) is 9.58. The van der Waals surface area contributed by atoms with Crippen molar-refractivity contribution in [2.24, 2.45) is 5.92 Å². The van der Waals surface area contributed by atoms with E-state index in [4.69, 9.17) is 27.9 Å². The van der Waals surface area contributed by atoms with Crippen LogP contribution in [0.25, 0.3) is 0 Å². The van der Waals surface area contributed by atoms with Gasteiger partial charge in [0.15, 0.2) is 0 Å². The lowest BCUT2D eigenvalue weighted by Crippen LogP contribution is -2.29. The Bertz CT molecular complexity index is 890. The highest BCUT2D eigenvalue weighted by atomic mass is 35.5. The summed E-state index contributed by atoms with van der Waals surface area (Å²) in [5.41, 5.74) is 4.41. The molecule has 0 bridgehead atoms. The standard InChI is InChI=1S/C22H21Cl2NO/c1-13(2)12-26-20-8-4-7-17-15-5-3-6-16(15)21(25-22(17)20)18-10-9-14(23)11-19(18)24/h3-5,7-11,15-16,21,25H,1,6,12H2,2H3. The van der Waals surface area contributed by atoms with Crippen LogP contribution in [0.5, 0.6) is 5.75 Å². The van der Waals surface area contributed by atoms with Crippen LogP contribution in [0, 0.1) is 5.92 Å². The van der Waals surface area contributed by atoms with Gasteiger partial charge in [0.2, 0.25) is 0 Å². The maximum Gasteiger partial charge on any atom is 0.143 e. The molecule has 0 saturated carbocycles. The van der Waals surface area contributed by atoms with E-state index in [0.717, 1.165) is 29.0 Å². The van der Waals surface area contributed by atoms with Crippen molar-refractivity contribution in [3.05, 3.63) is 81.9 Å². The number of fused-ring (bicyclic) bond motifs is 3. The van der Waals surface area contributed by atoms with Crippen molar-refractivity contribution in [3.63, 3.8) is 0 Å². The van der Waals surface area contributed by atoms with Crippen LogP contribution >= 0.6 is 23.2 Å². The predicted octanol–water partition coefficient (Wildman–Crippen LogP) is 6.77. The van der Waals surface area contributed by atoms with Crippen LogP contribution in [0.15, 0.2) is 60.7 Å². The monoisotopic (exact) mass is 385 g/mol. The molecule has 3 unspecified atom stereocenters. The van der Waals surface area contributed by atoms with E-state index in [1.54, 1.807) is 0 Å². The third-order valence-corrected chi connectivity index (χ3v) is 5.69. The summed E-state index contributed by atoms with van der Waals surface area (Å²) in [7, 11) is 0. The number of benzene rings is 2. The fourth-order valence-corrected chi connectivity index (χ4v) is 4.50. The van der Waals surface area contributed by atoms with E-state index in [0.29, 0.717) is 28.5 Å². The summed E-state index contributed by atoms with van der Waals surface area (Å²) in [6.45, 7) is 6.41. The Balaban J connectivity index is 1.76. The Labute approximate surface area is 164 Å². The second-order valence-corrected chi connectivity index (χ2v) is 7.95. The maximum atomic E-state index is 6.54. The Morgan fingerprint density at radius 1 is 1.23 bits per heavy atom. The summed E-state index contributed by atoms with van der Waals surface area (Å²) < 4.78 is 6.01. The molecule has 0 aromatic heterocycles. The highest BCUT2D eigenvalue weighted by molar-refractivity contribution is 6.35. The van der Waals surface area contributed by atoms with Crippen LogP contribution in [0.4, 0.5) is 5.69 Å². The van der Waals surface area contributed by atoms with E-state index in [1.165, 1.54) is 5.56 Å². The van der Waals surface area contributed by atoms with Gasteiger partial charge in [0.1, 0.15) is 12.4 Å². The molecule has 2 aromatic rings. The Morgan fingerprint density at radius 2 is 2.08 bits per heavy atom. The zero-order chi connectivity index (χ0) is 18.3. The number of hydrogen-bond acceptors (Lipinski definition) is 2. The average molecular weight is 386 g/mol. The lowest BCUT2D eigenvalue weighted by Gasteiger charge is -2.38. The third kappa shape index (κ3) is 3.13. The van der Waals surface area contributed by atoms with Gasteiger partial charge in [-0.15, -0.1) is 0 Å². The molecule has 0 fully saturated rings. The number of nitrogens with one attached hydrogen (secondary N) is 1. The Hall–Kier alpha value is -1.90. The van der Waals surface area contributed by atoms with Crippen molar-refractivity contribution in [3.8, 4) is 5.75 Å². The fourth-order valence-electron chi connectivity index (χ4n) is 3.98. The average Bonchev–Trinajstić information content (AvgIpc) is 3.09. The molecule has 2 nitrogen and oxygen atoms in total. The molecule has 1 aliphatic carbocycles. The van der Waals surface area contributed by atoms with Gasteiger partial charge in [-0.2, -0.15) is 0 Å². The molecule has 4 heteroatoms. The predicted molar refractivity (Wildman–Crippen MR) is 110 cm³/mol. The summed E-state index contributed by atoms with van der Waals surface area (Å²) in [5, 5.41) is 5.07. The normalized spacial score (nSPS) is 23.1. The summed E-state index contributed by atoms with van der Waals surface area (Å²) in [6.07, 6.45) is 5.60. The zero-order valence-electron chi connectivity index (χ0n) is 14.6. The largest absolute Gasteiger partial charge is 0.487 e. The summed E-state index contributed by atoms with van der Waals surface area (Å²) in [4.78, 5) is 0. The minimum Gasteiger partial charge on any atom is -0.487 e. The van der Waals surface area contributed by atoms with Crippen molar-refractivity contribution in [1.82, 2.24) is 0 Å². The molecule has 134 valence electrons. The van der Waals surface area contributed by atoms with Gasteiger partial charge < -0.3 is 10.1 Å². The van der Waals surface area contributed by atoms with Crippen LogP contribution in [0.2, 0.25) is 10.0 Å². The van der Waals surface area contributed by atoms with E-state index in [1.807, 2.05) is 31.2 Å². The van der Waals surface area contributed by atoms with Gasteiger partial charge in [0, 0.05) is 16.0 Å². The molecule has 1 aliphatic heterocycles. The number of halogens is 2. The van der Waals surface area contributed by atoms with E-state index in [2.05, 4.69) is 36.2 Å². The van der Waals surface area contributed by atoms with Crippen molar-refractivity contribution in [2.75, 3.05) is 11.9 Å². The van der Waals surface area contributed by atoms with Crippen LogP contribution < -0.4 is 10.1 Å². The molecule has 2 aliphatic rings. The number of ether oxygens (including phenoxy) is 1. The molecule has 0 radical (unpaired) electrons. The van der Waals surface area contributed by atoms with E-state index >= 15 is 0 Å². The van der Waals surface area contributed by atoms with Gasteiger partial charge in [-0.1, -0.05) is 60.1 Å². The van der Waals surface area contributed by atoms with Crippen LogP contribution in [0.3, 0.4) is 0 Å². The van der Waals surface area contributed by atoms with Gasteiger partial charge in [0.05, 0.1) is 11.7 Å². The number of hydrogen-bond donors (Lipinski definition) is 1. The lowest BCUT2D eigenvalue weighted by molar-refractivity contribution is 0.348. The first kappa shape index (κ1) is 17.5. The summed E-state index contributed by atoms with van der Waals surface area (Å²) >= 11 is 12.6. The molecule has 3 atom stereocenters. The zero-order valence-corrected chi connectivity index (χ0v) is 16.1. The molecular formula is C22H21Cl2NO. The van der Waals surface area contributed by atoms with Crippen LogP contribution in [-0.4, -0.2) is 6.61 Å². The van der Waals surface area contributed by atoms with Gasteiger partial charge in [-0.05, 0) is 54.2 Å². The SMILES string of the molecule is C=C(C)COc1cccc2c1NC(c1ccc(Cl)cc1Cl)C1CC=CC21. The summed E-state index contributed by atoms with van der Waals surface area (Å²) in [5.74, 6) is 1.65. The van der Waals surface area contributed by atoms with Crippen molar-refractivity contribution in [2.45, 2.75) is 25.3 Å². The fraction of sp³-hybridized carbons (Fsp3) is 0.273. The maximum absolute atomic E-state index is 6.54. The van der Waals surface area contributed by atoms with E-state index in [9.17, 15) is 0 Å². The molecule has 4 rings (SSSR count). The molecule has 0 amide bonds. The molecular weight excluding hydrogens is 365 g/mol. The molecule has 1 heterocycles. The first-order chi connectivity index (χ1) is 12.5. The first-order valence-electron chi connectivity index (χ1n) is 8.83.